The second-order valence-electron chi connectivity index (χ2n) is 16.6. The molecule has 53 heavy (non-hydrogen) atoms. The summed E-state index contributed by atoms with van der Waals surface area (Å²) >= 11 is 0. The number of rotatable bonds is 42. The molecule has 0 aromatic heterocycles. The largest absolute Gasteiger partial charge is 1.00 e. The first-order valence-corrected chi connectivity index (χ1v) is 25.0. The van der Waals surface area contributed by atoms with Gasteiger partial charge in [-0.2, -0.15) is 0 Å². The molecule has 1 aromatic carbocycles. The number of aryl methyl sites for hydroxylation is 1. The maximum Gasteiger partial charge on any atom is 1.00 e. The minimum Gasteiger partial charge on any atom is -0.744 e. The zero-order valence-corrected chi connectivity index (χ0v) is 38.8. The van der Waals surface area contributed by atoms with Gasteiger partial charge in [-0.15, -0.1) is 0 Å². The summed E-state index contributed by atoms with van der Waals surface area (Å²) < 4.78 is 33.1. The zero-order chi connectivity index (χ0) is 37.5. The molecule has 0 saturated heterocycles. The predicted octanol–water partition coefficient (Wildman–Crippen LogP) is 13.8. The summed E-state index contributed by atoms with van der Waals surface area (Å²) in [5.41, 5.74) is 1.11. The van der Waals surface area contributed by atoms with E-state index in [1.165, 1.54) is 263 Å². The Hall–Kier alpha value is 0.130. The fraction of sp³-hybridized carbons (Fsp3) is 0.875. The van der Waals surface area contributed by atoms with E-state index in [1.54, 1.807) is 12.1 Å². The van der Waals surface area contributed by atoms with Gasteiger partial charge >= 0.3 is 29.6 Å². The van der Waals surface area contributed by atoms with Crippen molar-refractivity contribution in [3.8, 4) is 0 Å². The van der Waals surface area contributed by atoms with E-state index in [2.05, 4.69) is 6.92 Å². The monoisotopic (exact) mass is 769 g/mol. The maximum atomic E-state index is 11.0. The maximum absolute atomic E-state index is 11.0. The van der Waals surface area contributed by atoms with Crippen molar-refractivity contribution in [3.63, 3.8) is 0 Å². The van der Waals surface area contributed by atoms with Gasteiger partial charge in [0.1, 0.15) is 10.1 Å². The predicted molar refractivity (Wildman–Crippen MR) is 228 cm³/mol. The van der Waals surface area contributed by atoms with Gasteiger partial charge < -0.3 is 4.55 Å². The van der Waals surface area contributed by atoms with E-state index in [-0.39, 0.29) is 34.5 Å². The first kappa shape index (κ1) is 53.1. The average molecular weight is 769 g/mol. The van der Waals surface area contributed by atoms with E-state index >= 15 is 0 Å². The Balaban J connectivity index is 0.0000270. The van der Waals surface area contributed by atoms with Crippen LogP contribution >= 0.6 is 0 Å². The van der Waals surface area contributed by atoms with Crippen molar-refractivity contribution in [2.75, 3.05) is 0 Å². The van der Waals surface area contributed by atoms with E-state index in [0.717, 1.165) is 18.4 Å². The molecule has 3 nitrogen and oxygen atoms in total. The third kappa shape index (κ3) is 38.8. The van der Waals surface area contributed by atoms with E-state index < -0.39 is 10.1 Å². The van der Waals surface area contributed by atoms with E-state index in [1.807, 2.05) is 0 Å². The van der Waals surface area contributed by atoms with Gasteiger partial charge in [0.2, 0.25) is 0 Å². The minimum absolute atomic E-state index is 0. The molecular formula is C48H89NaO3S. The molecule has 0 aliphatic rings. The topological polar surface area (TPSA) is 57.2 Å². The first-order chi connectivity index (χ1) is 25.5. The Labute approximate surface area is 355 Å². The van der Waals surface area contributed by atoms with E-state index in [9.17, 15) is 13.0 Å². The van der Waals surface area contributed by atoms with Crippen LogP contribution in [-0.2, 0) is 16.5 Å². The number of hydrogen-bond donors (Lipinski definition) is 0. The van der Waals surface area contributed by atoms with Crippen LogP contribution in [-0.4, -0.2) is 13.0 Å². The zero-order valence-electron chi connectivity index (χ0n) is 35.9. The Morgan fingerprint density at radius 1 is 0.340 bits per heavy atom. The summed E-state index contributed by atoms with van der Waals surface area (Å²) in [7, 11) is -4.33. The molecule has 0 heterocycles. The quantitative estimate of drug-likeness (QED) is 0.0378. The standard InChI is InChI=1S/C48H90O3S.Na/c1-2-3-4-5-6-7-8-9-10-11-12-13-14-15-16-17-18-19-20-21-22-23-24-25-26-27-28-29-30-31-32-33-34-35-36-37-38-39-40-41-42-47-43-45-48(46-44-47)52(49,50)51;/h43-46H,2-42H2,1H3,(H,49,50,51);/q;+1/p-1. The smallest absolute Gasteiger partial charge is 0.744 e. The van der Waals surface area contributed by atoms with Crippen molar-refractivity contribution in [1.29, 1.82) is 0 Å². The molecule has 0 N–H and O–H groups in total. The van der Waals surface area contributed by atoms with Gasteiger partial charge in [-0.25, -0.2) is 8.42 Å². The molecule has 0 radical (unpaired) electrons. The van der Waals surface area contributed by atoms with Crippen LogP contribution in [0.3, 0.4) is 0 Å². The Morgan fingerprint density at radius 3 is 0.717 bits per heavy atom. The van der Waals surface area contributed by atoms with Gasteiger partial charge in [0.05, 0.1) is 4.90 Å². The fourth-order valence-electron chi connectivity index (χ4n) is 7.94. The van der Waals surface area contributed by atoms with Crippen LogP contribution in [0.25, 0.3) is 0 Å². The van der Waals surface area contributed by atoms with Crippen LogP contribution in [0.5, 0.6) is 0 Å². The summed E-state index contributed by atoms with van der Waals surface area (Å²) in [6, 6.07) is 6.42. The number of benzene rings is 1. The number of unbranched alkanes of at least 4 members (excludes halogenated alkanes) is 39. The van der Waals surface area contributed by atoms with Crippen LogP contribution in [0.1, 0.15) is 269 Å². The van der Waals surface area contributed by atoms with Crippen LogP contribution in [0, 0.1) is 0 Å². The van der Waals surface area contributed by atoms with Gasteiger partial charge in [0, 0.05) is 0 Å². The average Bonchev–Trinajstić information content (AvgIpc) is 3.14. The van der Waals surface area contributed by atoms with Crippen LogP contribution in [0.15, 0.2) is 29.2 Å². The third-order valence-electron chi connectivity index (χ3n) is 11.5. The summed E-state index contributed by atoms with van der Waals surface area (Å²) in [6.07, 6.45) is 58.3. The van der Waals surface area contributed by atoms with Crippen molar-refractivity contribution in [1.82, 2.24) is 0 Å². The Bertz CT molecular complexity index is 948. The van der Waals surface area contributed by atoms with E-state index in [4.69, 9.17) is 0 Å². The van der Waals surface area contributed by atoms with Gasteiger partial charge in [0.25, 0.3) is 0 Å². The SMILES string of the molecule is CCCCCCCCCCCCCCCCCCCCCCCCCCCCCCCCCCCCCCCCCCc1ccc(S(=O)(=O)[O-])cc1.[Na+]. The molecule has 0 unspecified atom stereocenters. The Morgan fingerprint density at radius 2 is 0.528 bits per heavy atom. The van der Waals surface area contributed by atoms with Crippen LogP contribution in [0.2, 0.25) is 0 Å². The van der Waals surface area contributed by atoms with Crippen LogP contribution < -0.4 is 29.6 Å². The van der Waals surface area contributed by atoms with Crippen molar-refractivity contribution in [2.24, 2.45) is 0 Å². The number of hydrogen-bond acceptors (Lipinski definition) is 3. The van der Waals surface area contributed by atoms with Gasteiger partial charge in [-0.1, -0.05) is 269 Å². The molecule has 306 valence electrons. The molecule has 0 atom stereocenters. The summed E-state index contributed by atoms with van der Waals surface area (Å²) in [5, 5.41) is 0. The molecular weight excluding hydrogens is 680 g/mol. The molecule has 0 fully saturated rings. The fourth-order valence-corrected chi connectivity index (χ4v) is 8.41. The van der Waals surface area contributed by atoms with E-state index in [0.29, 0.717) is 0 Å². The molecule has 0 saturated carbocycles. The van der Waals surface area contributed by atoms with Gasteiger partial charge in [-0.3, -0.25) is 0 Å². The minimum atomic E-state index is -4.33. The second kappa shape index (κ2) is 41.8. The molecule has 0 amide bonds. The van der Waals surface area contributed by atoms with Crippen molar-refractivity contribution in [2.45, 2.75) is 275 Å². The summed E-state index contributed by atoms with van der Waals surface area (Å²) in [6.45, 7) is 2.31. The normalized spacial score (nSPS) is 11.7. The van der Waals surface area contributed by atoms with Crippen LogP contribution in [0.4, 0.5) is 0 Å². The second-order valence-corrected chi connectivity index (χ2v) is 18.0. The van der Waals surface area contributed by atoms with Gasteiger partial charge in [0.15, 0.2) is 0 Å². The summed E-state index contributed by atoms with van der Waals surface area (Å²) in [4.78, 5) is -0.131. The van der Waals surface area contributed by atoms with Crippen molar-refractivity contribution >= 4 is 10.1 Å². The molecule has 1 rings (SSSR count). The molecule has 0 bridgehead atoms. The molecule has 0 spiro atoms. The molecule has 0 aliphatic heterocycles. The third-order valence-corrected chi connectivity index (χ3v) is 12.4. The van der Waals surface area contributed by atoms with Crippen molar-refractivity contribution in [3.05, 3.63) is 29.8 Å². The molecule has 1 aromatic rings. The van der Waals surface area contributed by atoms with Crippen molar-refractivity contribution < 1.29 is 42.5 Å². The molecule has 5 heteroatoms. The molecule has 0 aliphatic carbocycles. The van der Waals surface area contributed by atoms with Gasteiger partial charge in [-0.05, 0) is 30.5 Å². The Kier molecular flexibility index (Phi) is 41.9. The first-order valence-electron chi connectivity index (χ1n) is 23.6. The summed E-state index contributed by atoms with van der Waals surface area (Å²) in [5.74, 6) is 0.